The van der Waals surface area contributed by atoms with E-state index in [4.69, 9.17) is 27.9 Å². The number of hydrogen-bond donors (Lipinski definition) is 0. The van der Waals surface area contributed by atoms with Gasteiger partial charge in [0, 0.05) is 11.8 Å². The second-order valence-corrected chi connectivity index (χ2v) is 7.84. The summed E-state index contributed by atoms with van der Waals surface area (Å²) in [5.41, 5.74) is 1.21. The van der Waals surface area contributed by atoms with E-state index in [0.717, 1.165) is 10.6 Å². The third-order valence-electron chi connectivity index (χ3n) is 4.98. The third kappa shape index (κ3) is 3.58. The lowest BCUT2D eigenvalue weighted by Gasteiger charge is -2.20. The summed E-state index contributed by atoms with van der Waals surface area (Å²) in [5, 5.41) is 0.255. The van der Waals surface area contributed by atoms with Crippen LogP contribution in [0.4, 0.5) is 0 Å². The fourth-order valence-electron chi connectivity index (χ4n) is 3.41. The van der Waals surface area contributed by atoms with Crippen molar-refractivity contribution in [2.24, 2.45) is 0 Å². The minimum absolute atomic E-state index is 0.0682. The zero-order valence-corrected chi connectivity index (χ0v) is 17.9. The Labute approximate surface area is 186 Å². The summed E-state index contributed by atoms with van der Waals surface area (Å²) in [6, 6.07) is 7.86. The monoisotopic (exact) mass is 459 g/mol. The van der Waals surface area contributed by atoms with Gasteiger partial charge in [-0.25, -0.2) is 9.78 Å². The van der Waals surface area contributed by atoms with Crippen LogP contribution >= 0.6 is 23.2 Å². The number of nitrogens with zero attached hydrogens (tertiary/aromatic N) is 3. The summed E-state index contributed by atoms with van der Waals surface area (Å²) in [6.45, 7) is 2.86. The van der Waals surface area contributed by atoms with Crippen molar-refractivity contribution in [2.45, 2.75) is 26.5 Å². The third-order valence-corrected chi connectivity index (χ3v) is 5.70. The van der Waals surface area contributed by atoms with Crippen LogP contribution in [0.2, 0.25) is 10.0 Å². The fraction of sp³-hybridized carbons (Fsp3) is 0.190. The molecule has 0 N–H and O–H groups in total. The first kappa shape index (κ1) is 21.0. The molecule has 4 rings (SSSR count). The highest BCUT2D eigenvalue weighted by atomic mass is 35.5. The van der Waals surface area contributed by atoms with Crippen LogP contribution in [0, 0.1) is 6.92 Å². The number of fused-ring (bicyclic) bond motifs is 2. The van der Waals surface area contributed by atoms with Gasteiger partial charge in [0.2, 0.25) is 0 Å². The molecule has 0 saturated heterocycles. The number of aryl methyl sites for hydroxylation is 1. The summed E-state index contributed by atoms with van der Waals surface area (Å²) in [4.78, 5) is 55.3. The summed E-state index contributed by atoms with van der Waals surface area (Å²) in [5.74, 6) is -2.15. The largest absolute Gasteiger partial charge is 0.458 e. The Hall–Kier alpha value is -3.23. The first-order chi connectivity index (χ1) is 14.7. The van der Waals surface area contributed by atoms with E-state index in [1.807, 2.05) is 0 Å². The number of benzene rings is 1. The molecule has 3 heterocycles. The first-order valence-electron chi connectivity index (χ1n) is 9.21. The van der Waals surface area contributed by atoms with Crippen molar-refractivity contribution >= 4 is 46.6 Å². The van der Waals surface area contributed by atoms with Crippen LogP contribution in [0.1, 0.15) is 39.0 Å². The van der Waals surface area contributed by atoms with Gasteiger partial charge in [-0.15, -0.1) is 0 Å². The van der Waals surface area contributed by atoms with Gasteiger partial charge in [0.25, 0.3) is 17.4 Å². The normalized spacial score (nSPS) is 14.1. The minimum Gasteiger partial charge on any atom is -0.458 e. The predicted molar refractivity (Wildman–Crippen MR) is 112 cm³/mol. The molecule has 0 spiro atoms. The second-order valence-electron chi connectivity index (χ2n) is 7.02. The molecule has 3 aromatic rings. The molecule has 1 aromatic carbocycles. The summed E-state index contributed by atoms with van der Waals surface area (Å²) >= 11 is 11.9. The summed E-state index contributed by atoms with van der Waals surface area (Å²) in [7, 11) is 0. The Kier molecular flexibility index (Phi) is 5.28. The van der Waals surface area contributed by atoms with E-state index in [9.17, 15) is 19.2 Å². The van der Waals surface area contributed by atoms with Crippen molar-refractivity contribution in [1.82, 2.24) is 14.3 Å². The molecule has 2 amide bonds. The topological polar surface area (TPSA) is 98.0 Å². The Balaban J connectivity index is 1.52. The van der Waals surface area contributed by atoms with Crippen molar-refractivity contribution in [3.63, 3.8) is 0 Å². The van der Waals surface area contributed by atoms with E-state index in [1.54, 1.807) is 25.1 Å². The van der Waals surface area contributed by atoms with E-state index in [0.29, 0.717) is 5.65 Å². The van der Waals surface area contributed by atoms with Crippen LogP contribution in [0.5, 0.6) is 0 Å². The Morgan fingerprint density at radius 1 is 1.06 bits per heavy atom. The van der Waals surface area contributed by atoms with Crippen LogP contribution in [0.25, 0.3) is 5.65 Å². The van der Waals surface area contributed by atoms with Gasteiger partial charge in [-0.3, -0.25) is 23.7 Å². The molecule has 158 valence electrons. The van der Waals surface area contributed by atoms with Gasteiger partial charge in [-0.1, -0.05) is 29.3 Å². The number of halogens is 2. The number of amides is 2. The number of esters is 1. The molecule has 0 bridgehead atoms. The number of ether oxygens (including phenoxy) is 1. The van der Waals surface area contributed by atoms with E-state index >= 15 is 0 Å². The minimum atomic E-state index is -1.20. The van der Waals surface area contributed by atoms with E-state index < -0.39 is 23.8 Å². The van der Waals surface area contributed by atoms with Crippen LogP contribution in [0.3, 0.4) is 0 Å². The zero-order valence-electron chi connectivity index (χ0n) is 16.4. The lowest BCUT2D eigenvalue weighted by Crippen LogP contribution is -2.43. The highest BCUT2D eigenvalue weighted by Gasteiger charge is 2.42. The standard InChI is InChI=1S/C21H15Cl2N3O5/c1-10-4-3-5-17-24-12(6-18(27)25(10)17)9-31-21(30)11(2)26-19(28)13-7-15(22)16(23)8-14(13)20(26)29/h3-8,11H,9H2,1-2H3. The second kappa shape index (κ2) is 7.79. The number of rotatable bonds is 4. The molecule has 0 aliphatic carbocycles. The molecule has 10 heteroatoms. The molecule has 0 fully saturated rings. The molecule has 0 radical (unpaired) electrons. The molecule has 1 aliphatic heterocycles. The van der Waals surface area contributed by atoms with E-state index in [1.165, 1.54) is 29.5 Å². The Morgan fingerprint density at radius 2 is 1.68 bits per heavy atom. The van der Waals surface area contributed by atoms with Crippen molar-refractivity contribution in [1.29, 1.82) is 0 Å². The lowest BCUT2D eigenvalue weighted by molar-refractivity contribution is -0.149. The molecular formula is C21H15Cl2N3O5. The van der Waals surface area contributed by atoms with Crippen LogP contribution < -0.4 is 5.56 Å². The number of hydrogen-bond acceptors (Lipinski definition) is 6. The van der Waals surface area contributed by atoms with Gasteiger partial charge >= 0.3 is 5.97 Å². The quantitative estimate of drug-likeness (QED) is 0.439. The number of carbonyl (C=O) groups is 3. The van der Waals surface area contributed by atoms with E-state index in [2.05, 4.69) is 4.98 Å². The maximum Gasteiger partial charge on any atom is 0.329 e. The molecule has 2 aromatic heterocycles. The zero-order chi connectivity index (χ0) is 22.4. The first-order valence-corrected chi connectivity index (χ1v) is 9.96. The average Bonchev–Trinajstić information content (AvgIpc) is 2.95. The van der Waals surface area contributed by atoms with Crippen LogP contribution in [0.15, 0.2) is 41.2 Å². The maximum atomic E-state index is 12.7. The van der Waals surface area contributed by atoms with Gasteiger partial charge in [-0.05, 0) is 38.1 Å². The van der Waals surface area contributed by atoms with Crippen molar-refractivity contribution in [3.05, 3.63) is 79.3 Å². The van der Waals surface area contributed by atoms with Crippen molar-refractivity contribution in [3.8, 4) is 0 Å². The summed E-state index contributed by atoms with van der Waals surface area (Å²) < 4.78 is 6.67. The van der Waals surface area contributed by atoms with Crippen LogP contribution in [-0.4, -0.2) is 38.1 Å². The van der Waals surface area contributed by atoms with Crippen molar-refractivity contribution < 1.29 is 19.1 Å². The maximum absolute atomic E-state index is 12.7. The predicted octanol–water partition coefficient (Wildman–Crippen LogP) is 3.04. The van der Waals surface area contributed by atoms with E-state index in [-0.39, 0.29) is 39.0 Å². The van der Waals surface area contributed by atoms with Gasteiger partial charge < -0.3 is 4.74 Å². The average molecular weight is 460 g/mol. The molecule has 1 atom stereocenters. The molecule has 31 heavy (non-hydrogen) atoms. The lowest BCUT2D eigenvalue weighted by atomic mass is 10.1. The van der Waals surface area contributed by atoms with Gasteiger partial charge in [-0.2, -0.15) is 0 Å². The molecule has 1 unspecified atom stereocenters. The van der Waals surface area contributed by atoms with Crippen molar-refractivity contribution in [2.75, 3.05) is 0 Å². The number of imide groups is 1. The summed E-state index contributed by atoms with van der Waals surface area (Å²) in [6.07, 6.45) is 0. The SMILES string of the molecule is Cc1cccc2nc(COC(=O)C(C)N3C(=O)c4cc(Cl)c(Cl)cc4C3=O)cc(=O)n12. The van der Waals surface area contributed by atoms with Gasteiger partial charge in [0.05, 0.1) is 26.9 Å². The van der Waals surface area contributed by atoms with Crippen LogP contribution in [-0.2, 0) is 16.1 Å². The number of pyridine rings is 1. The Morgan fingerprint density at radius 3 is 2.29 bits per heavy atom. The van der Waals surface area contributed by atoms with Gasteiger partial charge in [0.1, 0.15) is 18.3 Å². The highest BCUT2D eigenvalue weighted by molar-refractivity contribution is 6.43. The number of aromatic nitrogens is 2. The molecule has 8 nitrogen and oxygen atoms in total. The fourth-order valence-corrected chi connectivity index (χ4v) is 3.74. The van der Waals surface area contributed by atoms with Gasteiger partial charge in [0.15, 0.2) is 0 Å². The molecule has 1 aliphatic rings. The Bertz CT molecular complexity index is 1290. The highest BCUT2D eigenvalue weighted by Crippen LogP contribution is 2.32. The smallest absolute Gasteiger partial charge is 0.329 e. The molecular weight excluding hydrogens is 445 g/mol. The molecule has 0 saturated carbocycles. The number of carbonyl (C=O) groups excluding carboxylic acids is 3.